The van der Waals surface area contributed by atoms with E-state index in [1.165, 1.54) is 0 Å². The minimum absolute atomic E-state index is 0.141. The average molecular weight is 218 g/mol. The molecule has 0 saturated carbocycles. The molecule has 0 saturated heterocycles. The van der Waals surface area contributed by atoms with E-state index >= 15 is 0 Å². The van der Waals surface area contributed by atoms with E-state index in [0.29, 0.717) is 23.3 Å². The minimum atomic E-state index is -0.141. The van der Waals surface area contributed by atoms with Crippen LogP contribution in [0.25, 0.3) is 11.5 Å². The van der Waals surface area contributed by atoms with Gasteiger partial charge in [-0.05, 0) is 5.92 Å². The number of nitrogens with two attached hydrogens (primary N) is 1. The van der Waals surface area contributed by atoms with Gasteiger partial charge in [0.15, 0.2) is 0 Å². The third kappa shape index (κ3) is 2.06. The lowest BCUT2D eigenvalue weighted by molar-refractivity contribution is 0.492. The summed E-state index contributed by atoms with van der Waals surface area (Å²) in [5, 5.41) is 6.90. The SMILES string of the molecule is CC(C)[C@H](N)c1nc(-c2cnccn2)n[nH]1. The predicted octanol–water partition coefficient (Wildman–Crippen LogP) is 0.917. The van der Waals surface area contributed by atoms with E-state index in [1.54, 1.807) is 18.6 Å². The maximum atomic E-state index is 5.96. The Kier molecular flexibility index (Phi) is 2.91. The maximum Gasteiger partial charge on any atom is 0.201 e. The monoisotopic (exact) mass is 218 g/mol. The third-order valence-corrected chi connectivity index (χ3v) is 2.33. The molecule has 6 heteroatoms. The summed E-state index contributed by atoms with van der Waals surface area (Å²) in [7, 11) is 0. The first-order chi connectivity index (χ1) is 7.68. The highest BCUT2D eigenvalue weighted by Crippen LogP contribution is 2.17. The fourth-order valence-corrected chi connectivity index (χ4v) is 1.27. The number of nitrogens with zero attached hydrogens (tertiary/aromatic N) is 4. The molecule has 1 atom stereocenters. The zero-order valence-electron chi connectivity index (χ0n) is 9.25. The molecular weight excluding hydrogens is 204 g/mol. The zero-order valence-corrected chi connectivity index (χ0v) is 9.25. The zero-order chi connectivity index (χ0) is 11.5. The molecule has 0 unspecified atom stereocenters. The number of hydrogen-bond acceptors (Lipinski definition) is 5. The highest BCUT2D eigenvalue weighted by atomic mass is 15.2. The first-order valence-corrected chi connectivity index (χ1v) is 5.12. The van der Waals surface area contributed by atoms with Crippen molar-refractivity contribution in [3.05, 3.63) is 24.4 Å². The molecule has 0 radical (unpaired) electrons. The minimum Gasteiger partial charge on any atom is -0.321 e. The summed E-state index contributed by atoms with van der Waals surface area (Å²) < 4.78 is 0. The number of aromatic nitrogens is 5. The number of nitrogens with one attached hydrogen (secondary N) is 1. The summed E-state index contributed by atoms with van der Waals surface area (Å²) in [6.07, 6.45) is 4.83. The molecule has 6 nitrogen and oxygen atoms in total. The predicted molar refractivity (Wildman–Crippen MR) is 59.2 cm³/mol. The molecule has 0 aliphatic carbocycles. The van der Waals surface area contributed by atoms with Crippen LogP contribution in [0.5, 0.6) is 0 Å². The van der Waals surface area contributed by atoms with Gasteiger partial charge in [0.1, 0.15) is 11.5 Å². The molecular formula is C10H14N6. The van der Waals surface area contributed by atoms with E-state index < -0.39 is 0 Å². The quantitative estimate of drug-likeness (QED) is 0.798. The van der Waals surface area contributed by atoms with Crippen molar-refractivity contribution in [2.45, 2.75) is 19.9 Å². The summed E-state index contributed by atoms with van der Waals surface area (Å²) >= 11 is 0. The van der Waals surface area contributed by atoms with Gasteiger partial charge in [-0.15, -0.1) is 0 Å². The van der Waals surface area contributed by atoms with E-state index in [2.05, 4.69) is 25.1 Å². The molecule has 0 amide bonds. The lowest BCUT2D eigenvalue weighted by atomic mass is 10.1. The molecule has 0 aliphatic heterocycles. The first-order valence-electron chi connectivity index (χ1n) is 5.12. The molecule has 2 rings (SSSR count). The van der Waals surface area contributed by atoms with Crippen LogP contribution in [0.1, 0.15) is 25.7 Å². The molecule has 84 valence electrons. The second-order valence-corrected chi connectivity index (χ2v) is 3.90. The largest absolute Gasteiger partial charge is 0.321 e. The fraction of sp³-hybridized carbons (Fsp3) is 0.400. The van der Waals surface area contributed by atoms with Crippen LogP contribution in [0.3, 0.4) is 0 Å². The van der Waals surface area contributed by atoms with Gasteiger partial charge < -0.3 is 5.73 Å². The smallest absolute Gasteiger partial charge is 0.201 e. The number of hydrogen-bond donors (Lipinski definition) is 2. The van der Waals surface area contributed by atoms with Crippen LogP contribution < -0.4 is 5.73 Å². The third-order valence-electron chi connectivity index (χ3n) is 2.33. The Bertz CT molecular complexity index is 449. The number of aromatic amines is 1. The average Bonchev–Trinajstić information content (AvgIpc) is 2.78. The molecule has 0 spiro atoms. The van der Waals surface area contributed by atoms with Crippen LogP contribution in [0, 0.1) is 5.92 Å². The van der Waals surface area contributed by atoms with Gasteiger partial charge >= 0.3 is 0 Å². The van der Waals surface area contributed by atoms with Gasteiger partial charge in [0, 0.05) is 12.4 Å². The Morgan fingerprint density at radius 2 is 2.12 bits per heavy atom. The summed E-state index contributed by atoms with van der Waals surface area (Å²) in [4.78, 5) is 12.4. The Hall–Kier alpha value is -1.82. The van der Waals surface area contributed by atoms with E-state index in [-0.39, 0.29) is 6.04 Å². The van der Waals surface area contributed by atoms with Gasteiger partial charge in [0.2, 0.25) is 5.82 Å². The normalized spacial score (nSPS) is 13.0. The number of H-pyrrole nitrogens is 1. The van der Waals surface area contributed by atoms with Crippen LogP contribution in [-0.2, 0) is 0 Å². The second-order valence-electron chi connectivity index (χ2n) is 3.90. The molecule has 2 aromatic heterocycles. The molecule has 0 bridgehead atoms. The molecule has 2 aromatic rings. The van der Waals surface area contributed by atoms with Gasteiger partial charge in [-0.1, -0.05) is 13.8 Å². The van der Waals surface area contributed by atoms with Crippen molar-refractivity contribution < 1.29 is 0 Å². The Morgan fingerprint density at radius 1 is 1.31 bits per heavy atom. The molecule has 3 N–H and O–H groups in total. The van der Waals surface area contributed by atoms with Crippen molar-refractivity contribution in [3.63, 3.8) is 0 Å². The Labute approximate surface area is 93.3 Å². The molecule has 0 fully saturated rings. The molecule has 2 heterocycles. The maximum absolute atomic E-state index is 5.96. The van der Waals surface area contributed by atoms with Crippen molar-refractivity contribution in [1.82, 2.24) is 25.1 Å². The van der Waals surface area contributed by atoms with Crippen LogP contribution in [0.4, 0.5) is 0 Å². The first kappa shape index (κ1) is 10.7. The highest BCUT2D eigenvalue weighted by Gasteiger charge is 2.16. The Balaban J connectivity index is 2.27. The van der Waals surface area contributed by atoms with E-state index in [1.807, 2.05) is 13.8 Å². The van der Waals surface area contributed by atoms with Crippen LogP contribution >= 0.6 is 0 Å². The van der Waals surface area contributed by atoms with Crippen LogP contribution in [0.15, 0.2) is 18.6 Å². The summed E-state index contributed by atoms with van der Waals surface area (Å²) in [6, 6.07) is -0.141. The fourth-order valence-electron chi connectivity index (χ4n) is 1.27. The molecule has 0 aliphatic rings. The standard InChI is InChI=1S/C10H14N6/c1-6(2)8(11)10-14-9(15-16-10)7-5-12-3-4-13-7/h3-6,8H,11H2,1-2H3,(H,14,15,16)/t8-/m0/s1. The van der Waals surface area contributed by atoms with Crippen molar-refractivity contribution in [2.75, 3.05) is 0 Å². The van der Waals surface area contributed by atoms with Crippen molar-refractivity contribution in [2.24, 2.45) is 11.7 Å². The number of rotatable bonds is 3. The van der Waals surface area contributed by atoms with Gasteiger partial charge in [0.25, 0.3) is 0 Å². The topological polar surface area (TPSA) is 93.4 Å². The van der Waals surface area contributed by atoms with Gasteiger partial charge in [-0.25, -0.2) is 9.97 Å². The van der Waals surface area contributed by atoms with E-state index in [0.717, 1.165) is 0 Å². The highest BCUT2D eigenvalue weighted by molar-refractivity contribution is 5.45. The summed E-state index contributed by atoms with van der Waals surface area (Å²) in [5.41, 5.74) is 6.60. The van der Waals surface area contributed by atoms with Gasteiger partial charge in [0.05, 0.1) is 12.2 Å². The van der Waals surface area contributed by atoms with Crippen LogP contribution in [0.2, 0.25) is 0 Å². The van der Waals surface area contributed by atoms with Crippen molar-refractivity contribution >= 4 is 0 Å². The lowest BCUT2D eigenvalue weighted by Crippen LogP contribution is -2.18. The lowest BCUT2D eigenvalue weighted by Gasteiger charge is -2.10. The van der Waals surface area contributed by atoms with E-state index in [4.69, 9.17) is 5.73 Å². The van der Waals surface area contributed by atoms with Gasteiger partial charge in [-0.3, -0.25) is 10.1 Å². The van der Waals surface area contributed by atoms with Crippen molar-refractivity contribution in [3.8, 4) is 11.5 Å². The molecule has 16 heavy (non-hydrogen) atoms. The molecule has 0 aromatic carbocycles. The van der Waals surface area contributed by atoms with Gasteiger partial charge in [-0.2, -0.15) is 5.10 Å². The van der Waals surface area contributed by atoms with E-state index in [9.17, 15) is 0 Å². The van der Waals surface area contributed by atoms with Crippen LogP contribution in [-0.4, -0.2) is 25.1 Å². The summed E-state index contributed by atoms with van der Waals surface area (Å²) in [6.45, 7) is 4.07. The van der Waals surface area contributed by atoms with Crippen molar-refractivity contribution in [1.29, 1.82) is 0 Å². The summed E-state index contributed by atoms with van der Waals surface area (Å²) in [5.74, 6) is 1.51. The second kappa shape index (κ2) is 4.36. The Morgan fingerprint density at radius 3 is 2.75 bits per heavy atom.